The molecule has 0 aliphatic rings. The standard InChI is InChI=1S/C5H6F9OP/c1-15-16(2,3(6,7)8,4(9,10)11)5(12,13)14/h1-2H3. The van der Waals surface area contributed by atoms with E-state index < -0.39 is 31.2 Å². The van der Waals surface area contributed by atoms with Gasteiger partial charge < -0.3 is 0 Å². The normalized spacial score (nSPS) is 18.1. The van der Waals surface area contributed by atoms with Gasteiger partial charge in [0.15, 0.2) is 0 Å². The molecule has 11 heteroatoms. The van der Waals surface area contributed by atoms with Crippen LogP contribution >= 0.6 is 6.83 Å². The Labute approximate surface area is 83.6 Å². The third-order valence-electron chi connectivity index (χ3n) is 2.29. The Hall–Kier alpha value is -0.240. The molecule has 0 fully saturated rings. The van der Waals surface area contributed by atoms with E-state index in [4.69, 9.17) is 0 Å². The molecule has 0 N–H and O–H groups in total. The van der Waals surface area contributed by atoms with Gasteiger partial charge >= 0.3 is 82.4 Å². The van der Waals surface area contributed by atoms with Gasteiger partial charge in [0.05, 0.1) is 0 Å². The summed E-state index contributed by atoms with van der Waals surface area (Å²) in [5, 5.41) is 0. The molecule has 0 unspecified atom stereocenters. The van der Waals surface area contributed by atoms with Crippen LogP contribution in [0.1, 0.15) is 0 Å². The zero-order valence-corrected chi connectivity index (χ0v) is 8.65. The van der Waals surface area contributed by atoms with Crippen molar-refractivity contribution in [1.82, 2.24) is 0 Å². The van der Waals surface area contributed by atoms with E-state index in [1.807, 2.05) is 0 Å². The molecule has 0 rings (SSSR count). The van der Waals surface area contributed by atoms with Crippen LogP contribution in [0.5, 0.6) is 0 Å². The number of alkyl halides is 9. The van der Waals surface area contributed by atoms with Gasteiger partial charge in [0.2, 0.25) is 0 Å². The molecule has 0 saturated heterocycles. The van der Waals surface area contributed by atoms with Crippen LogP contribution in [-0.4, -0.2) is 31.5 Å². The van der Waals surface area contributed by atoms with E-state index in [0.717, 1.165) is 0 Å². The van der Waals surface area contributed by atoms with Crippen LogP contribution in [0.2, 0.25) is 0 Å². The Balaban J connectivity index is 6.31. The number of halogens is 9. The number of hydrogen-bond donors (Lipinski definition) is 0. The average molecular weight is 284 g/mol. The van der Waals surface area contributed by atoms with Crippen molar-refractivity contribution in [2.24, 2.45) is 0 Å². The molecule has 1 nitrogen and oxygen atoms in total. The van der Waals surface area contributed by atoms with Crippen LogP contribution in [0, 0.1) is 0 Å². The van der Waals surface area contributed by atoms with Gasteiger partial charge in [-0.2, -0.15) is 0 Å². The maximum absolute atomic E-state index is 12.2. The number of rotatable bonds is 1. The van der Waals surface area contributed by atoms with E-state index in [1.54, 1.807) is 0 Å². The third-order valence-corrected chi connectivity index (χ3v) is 6.86. The molecule has 16 heavy (non-hydrogen) atoms. The fraction of sp³-hybridized carbons (Fsp3) is 1.00. The van der Waals surface area contributed by atoms with Crippen LogP contribution in [-0.2, 0) is 4.52 Å². The summed E-state index contributed by atoms with van der Waals surface area (Å²) in [5.41, 5.74) is 0. The fourth-order valence-electron chi connectivity index (χ4n) is 0.742. The Morgan fingerprint density at radius 3 is 0.875 bits per heavy atom. The van der Waals surface area contributed by atoms with Crippen molar-refractivity contribution in [2.45, 2.75) is 17.8 Å². The van der Waals surface area contributed by atoms with Gasteiger partial charge in [-0.05, 0) is 0 Å². The van der Waals surface area contributed by atoms with Crippen molar-refractivity contribution in [1.29, 1.82) is 0 Å². The molecular weight excluding hydrogens is 278 g/mol. The molecule has 0 aliphatic carbocycles. The molecule has 0 atom stereocenters. The van der Waals surface area contributed by atoms with Gasteiger partial charge in [-0.25, -0.2) is 0 Å². The second-order valence-corrected chi connectivity index (χ2v) is 7.86. The number of hydrogen-bond acceptors (Lipinski definition) is 1. The van der Waals surface area contributed by atoms with Crippen molar-refractivity contribution in [3.63, 3.8) is 0 Å². The van der Waals surface area contributed by atoms with Gasteiger partial charge in [-0.15, -0.1) is 0 Å². The van der Waals surface area contributed by atoms with E-state index >= 15 is 0 Å². The molecule has 0 bridgehead atoms. The Bertz CT molecular complexity index is 234. The molecule has 0 aromatic rings. The Morgan fingerprint density at radius 1 is 0.688 bits per heavy atom. The zero-order chi connectivity index (χ0) is 13.7. The van der Waals surface area contributed by atoms with Crippen LogP contribution in [0.4, 0.5) is 39.5 Å². The third kappa shape index (κ3) is 1.42. The first kappa shape index (κ1) is 15.8. The zero-order valence-electron chi connectivity index (χ0n) is 7.76. The van der Waals surface area contributed by atoms with Crippen molar-refractivity contribution in [3.05, 3.63) is 0 Å². The fourth-order valence-corrected chi connectivity index (χ4v) is 2.23. The predicted octanol–water partition coefficient (Wildman–Crippen LogP) is 4.29. The van der Waals surface area contributed by atoms with Crippen LogP contribution in [0.15, 0.2) is 0 Å². The van der Waals surface area contributed by atoms with Gasteiger partial charge in [-0.1, -0.05) is 0 Å². The summed E-state index contributed by atoms with van der Waals surface area (Å²) < 4.78 is 113. The van der Waals surface area contributed by atoms with Crippen molar-refractivity contribution in [3.8, 4) is 0 Å². The average Bonchev–Trinajstić information content (AvgIpc) is 1.95. The van der Waals surface area contributed by atoms with Gasteiger partial charge in [0.25, 0.3) is 0 Å². The minimum atomic E-state index is -8.37. The molecule has 0 radical (unpaired) electrons. The molecule has 0 amide bonds. The second-order valence-electron chi connectivity index (χ2n) is 3.05. The van der Waals surface area contributed by atoms with Crippen LogP contribution in [0.25, 0.3) is 0 Å². The van der Waals surface area contributed by atoms with Crippen molar-refractivity contribution >= 4 is 6.83 Å². The van der Waals surface area contributed by atoms with E-state index in [-0.39, 0.29) is 7.11 Å². The Morgan fingerprint density at radius 2 is 0.875 bits per heavy atom. The monoisotopic (exact) mass is 284 g/mol. The first-order valence-electron chi connectivity index (χ1n) is 3.41. The van der Waals surface area contributed by atoms with Crippen molar-refractivity contribution < 1.29 is 44.0 Å². The SMILES string of the molecule is COP(C)(C(F)(F)F)(C(F)(F)F)C(F)(F)F. The second kappa shape index (κ2) is 3.38. The van der Waals surface area contributed by atoms with Crippen LogP contribution in [0.3, 0.4) is 0 Å². The van der Waals surface area contributed by atoms with E-state index in [9.17, 15) is 39.5 Å². The summed E-state index contributed by atoms with van der Waals surface area (Å²) in [7, 11) is -0.244. The molecule has 0 aromatic carbocycles. The molecular formula is C5H6F9OP. The molecule has 0 heterocycles. The summed E-state index contributed by atoms with van der Waals surface area (Å²) in [6.07, 6.45) is 0. The van der Waals surface area contributed by atoms with Gasteiger partial charge in [0, 0.05) is 0 Å². The first-order valence-corrected chi connectivity index (χ1v) is 6.01. The van der Waals surface area contributed by atoms with E-state index in [0.29, 0.717) is 0 Å². The molecule has 0 aromatic heterocycles. The summed E-state index contributed by atoms with van der Waals surface area (Å²) in [6, 6.07) is 0. The molecule has 0 spiro atoms. The maximum atomic E-state index is 12.2. The van der Waals surface area contributed by atoms with Crippen LogP contribution < -0.4 is 0 Å². The van der Waals surface area contributed by atoms with Gasteiger partial charge in [0.1, 0.15) is 0 Å². The topological polar surface area (TPSA) is 9.23 Å². The minimum absolute atomic E-state index is 0.244. The first-order chi connectivity index (χ1) is 6.64. The summed E-state index contributed by atoms with van der Waals surface area (Å²) in [4.78, 5) is 0. The predicted molar refractivity (Wildman–Crippen MR) is 38.0 cm³/mol. The molecule has 100 valence electrons. The molecule has 0 aliphatic heterocycles. The van der Waals surface area contributed by atoms with E-state index in [2.05, 4.69) is 4.52 Å². The molecule has 0 saturated carbocycles. The summed E-state index contributed by atoms with van der Waals surface area (Å²) in [5.74, 6) is -19.7. The van der Waals surface area contributed by atoms with Gasteiger partial charge in [-0.3, -0.25) is 0 Å². The summed E-state index contributed by atoms with van der Waals surface area (Å²) in [6.45, 7) is -9.32. The Kier molecular flexibility index (Phi) is 3.33. The van der Waals surface area contributed by atoms with Crippen molar-refractivity contribution in [2.75, 3.05) is 13.8 Å². The quantitative estimate of drug-likeness (QED) is 0.515. The summed E-state index contributed by atoms with van der Waals surface area (Å²) >= 11 is 0. The van der Waals surface area contributed by atoms with E-state index in [1.165, 1.54) is 0 Å².